The van der Waals surface area contributed by atoms with Crippen molar-refractivity contribution in [2.24, 2.45) is 10.8 Å². The molecule has 1 aliphatic heterocycles. The molecule has 10 heteroatoms. The van der Waals surface area contributed by atoms with Gasteiger partial charge in [0.15, 0.2) is 0 Å². The smallest absolute Gasteiger partial charge is 0.317 e. The quantitative estimate of drug-likeness (QED) is 0.151. The average molecular weight is 519 g/mol. The van der Waals surface area contributed by atoms with Gasteiger partial charge < -0.3 is 44.9 Å². The highest BCUT2D eigenvalue weighted by molar-refractivity contribution is 5.69. The molecule has 5 N–H and O–H groups in total. The maximum Gasteiger partial charge on any atom is 0.317 e. The van der Waals surface area contributed by atoms with Crippen molar-refractivity contribution < 1.29 is 39.1 Å². The number of hydrogen-bond donors (Lipinski definition) is 5. The summed E-state index contributed by atoms with van der Waals surface area (Å²) in [5, 5.41) is 34.8. The lowest BCUT2D eigenvalue weighted by Gasteiger charge is -2.33. The molecular weight excluding hydrogens is 468 g/mol. The maximum atomic E-state index is 10.7. The Kier molecular flexibility index (Phi) is 15.1. The molecule has 0 aliphatic carbocycles. The van der Waals surface area contributed by atoms with Gasteiger partial charge in [-0.05, 0) is 12.8 Å². The van der Waals surface area contributed by atoms with Crippen LogP contribution in [0.25, 0.3) is 0 Å². The minimum Gasteiger partial charge on any atom is -0.480 e. The molecule has 0 aromatic rings. The summed E-state index contributed by atoms with van der Waals surface area (Å²) in [6, 6.07) is 0.0214. The van der Waals surface area contributed by atoms with E-state index in [9.17, 15) is 15.0 Å². The second kappa shape index (κ2) is 16.5. The Hall–Kier alpha value is -1.27. The van der Waals surface area contributed by atoms with Gasteiger partial charge in [-0.1, -0.05) is 41.2 Å². The zero-order valence-corrected chi connectivity index (χ0v) is 22.9. The van der Waals surface area contributed by atoms with Crippen LogP contribution in [-0.4, -0.2) is 105 Å². The molecular formula is C26H50N2O8. The molecule has 1 fully saturated rings. The van der Waals surface area contributed by atoms with Gasteiger partial charge >= 0.3 is 5.97 Å². The molecule has 10 nitrogen and oxygen atoms in total. The van der Waals surface area contributed by atoms with E-state index in [1.54, 1.807) is 0 Å². The number of aliphatic hydroxyl groups is 2. The molecule has 0 spiro atoms. The molecule has 1 heterocycles. The summed E-state index contributed by atoms with van der Waals surface area (Å²) >= 11 is 0. The maximum absolute atomic E-state index is 10.7. The van der Waals surface area contributed by atoms with Gasteiger partial charge in [0.25, 0.3) is 0 Å². The summed E-state index contributed by atoms with van der Waals surface area (Å²) in [5.74, 6) is -0.874. The second-order valence-corrected chi connectivity index (χ2v) is 11.3. The highest BCUT2D eigenvalue weighted by Crippen LogP contribution is 2.21. The van der Waals surface area contributed by atoms with Gasteiger partial charge in [0, 0.05) is 42.1 Å². The summed E-state index contributed by atoms with van der Waals surface area (Å²) in [5.41, 5.74) is 0.573. The number of carbonyl (C=O) groups is 1. The zero-order valence-electron chi connectivity index (χ0n) is 22.9. The van der Waals surface area contributed by atoms with E-state index in [0.717, 1.165) is 12.1 Å². The topological polar surface area (TPSA) is 139 Å². The van der Waals surface area contributed by atoms with Gasteiger partial charge in [-0.15, -0.1) is 0 Å². The van der Waals surface area contributed by atoms with Crippen LogP contribution in [0.4, 0.5) is 0 Å². The van der Waals surface area contributed by atoms with Gasteiger partial charge in [0.2, 0.25) is 0 Å². The average Bonchev–Trinajstić information content (AvgIpc) is 2.79. The standard InChI is InChI=1S/C26H50N2O8/c1-7-20(27-12-23(30)31)13-33-10-8-19(2)28-15-25(3,4)16-35-18-26(5,6)17-34-14-22-24(32)21(29)9-11-36-22/h20-22,24,27-29,32H,2,7-18H2,1,3-6H3,(H,30,31). The third kappa shape index (κ3) is 14.5. The van der Waals surface area contributed by atoms with Crippen molar-refractivity contribution in [3.8, 4) is 0 Å². The Morgan fingerprint density at radius 2 is 1.78 bits per heavy atom. The van der Waals surface area contributed by atoms with Crippen molar-refractivity contribution >= 4 is 5.97 Å². The van der Waals surface area contributed by atoms with Crippen LogP contribution in [0.1, 0.15) is 53.9 Å². The lowest BCUT2D eigenvalue weighted by molar-refractivity contribution is -0.159. The molecule has 0 radical (unpaired) electrons. The molecule has 36 heavy (non-hydrogen) atoms. The minimum atomic E-state index is -0.915. The van der Waals surface area contributed by atoms with E-state index in [1.807, 2.05) is 6.92 Å². The van der Waals surface area contributed by atoms with Crippen LogP contribution in [0.5, 0.6) is 0 Å². The lowest BCUT2D eigenvalue weighted by Crippen LogP contribution is -2.47. The van der Waals surface area contributed by atoms with E-state index in [1.165, 1.54) is 0 Å². The minimum absolute atomic E-state index is 0.0214. The molecule has 1 rings (SSSR count). The molecule has 212 valence electrons. The monoisotopic (exact) mass is 518 g/mol. The first-order chi connectivity index (χ1) is 16.8. The van der Waals surface area contributed by atoms with Crippen molar-refractivity contribution in [1.29, 1.82) is 0 Å². The number of carboxylic acids is 1. The van der Waals surface area contributed by atoms with Crippen molar-refractivity contribution in [2.75, 3.05) is 59.3 Å². The van der Waals surface area contributed by atoms with E-state index >= 15 is 0 Å². The number of ether oxygens (including phenoxy) is 4. The summed E-state index contributed by atoms with van der Waals surface area (Å²) < 4.78 is 23.0. The van der Waals surface area contributed by atoms with E-state index in [0.29, 0.717) is 59.0 Å². The van der Waals surface area contributed by atoms with E-state index < -0.39 is 24.3 Å². The molecule has 0 bridgehead atoms. The Labute approximate surface area is 216 Å². The molecule has 4 atom stereocenters. The van der Waals surface area contributed by atoms with E-state index in [-0.39, 0.29) is 30.0 Å². The normalized spacial score (nSPS) is 21.8. The fourth-order valence-corrected chi connectivity index (χ4v) is 3.58. The number of hydrogen-bond acceptors (Lipinski definition) is 9. The van der Waals surface area contributed by atoms with Crippen LogP contribution >= 0.6 is 0 Å². The van der Waals surface area contributed by atoms with Crippen LogP contribution < -0.4 is 10.6 Å². The van der Waals surface area contributed by atoms with Crippen molar-refractivity contribution in [3.05, 3.63) is 12.3 Å². The van der Waals surface area contributed by atoms with Gasteiger partial charge in [-0.2, -0.15) is 0 Å². The number of nitrogens with one attached hydrogen (secondary N) is 2. The van der Waals surface area contributed by atoms with Crippen LogP contribution in [-0.2, 0) is 23.7 Å². The Bertz CT molecular complexity index is 643. The Morgan fingerprint density at radius 1 is 1.11 bits per heavy atom. The highest BCUT2D eigenvalue weighted by atomic mass is 16.5. The predicted octanol–water partition coefficient (Wildman–Crippen LogP) is 1.55. The van der Waals surface area contributed by atoms with Crippen LogP contribution in [0, 0.1) is 10.8 Å². The fourth-order valence-electron chi connectivity index (χ4n) is 3.58. The molecule has 1 saturated heterocycles. The summed E-state index contributed by atoms with van der Waals surface area (Å²) in [7, 11) is 0. The first-order valence-corrected chi connectivity index (χ1v) is 12.9. The first-order valence-electron chi connectivity index (χ1n) is 12.9. The summed E-state index contributed by atoms with van der Waals surface area (Å²) in [6.45, 7) is 18.3. The predicted molar refractivity (Wildman–Crippen MR) is 138 cm³/mol. The van der Waals surface area contributed by atoms with Gasteiger partial charge in [-0.3, -0.25) is 4.79 Å². The van der Waals surface area contributed by atoms with Gasteiger partial charge in [0.1, 0.15) is 12.2 Å². The van der Waals surface area contributed by atoms with Crippen molar-refractivity contribution in [3.63, 3.8) is 0 Å². The van der Waals surface area contributed by atoms with Gasteiger partial charge in [-0.25, -0.2) is 0 Å². The number of carboxylic acid groups (broad SMARTS) is 1. The largest absolute Gasteiger partial charge is 0.480 e. The Morgan fingerprint density at radius 3 is 2.44 bits per heavy atom. The third-order valence-corrected chi connectivity index (χ3v) is 6.00. The molecule has 0 saturated carbocycles. The van der Waals surface area contributed by atoms with Crippen molar-refractivity contribution in [2.45, 2.75) is 78.2 Å². The van der Waals surface area contributed by atoms with E-state index in [2.05, 4.69) is 44.9 Å². The fraction of sp³-hybridized carbons (Fsp3) is 0.885. The highest BCUT2D eigenvalue weighted by Gasteiger charge is 2.32. The van der Waals surface area contributed by atoms with Crippen LogP contribution in [0.15, 0.2) is 12.3 Å². The summed E-state index contributed by atoms with van der Waals surface area (Å²) in [4.78, 5) is 10.7. The summed E-state index contributed by atoms with van der Waals surface area (Å²) in [6.07, 6.45) is -0.267. The van der Waals surface area contributed by atoms with Crippen LogP contribution in [0.3, 0.4) is 0 Å². The van der Waals surface area contributed by atoms with Crippen molar-refractivity contribution in [1.82, 2.24) is 10.6 Å². The second-order valence-electron chi connectivity index (χ2n) is 11.3. The zero-order chi connectivity index (χ0) is 27.2. The molecule has 0 aromatic heterocycles. The number of rotatable bonds is 20. The lowest BCUT2D eigenvalue weighted by atomic mass is 9.93. The van der Waals surface area contributed by atoms with Crippen LogP contribution in [0.2, 0.25) is 0 Å². The first kappa shape index (κ1) is 32.8. The molecule has 4 unspecified atom stereocenters. The third-order valence-electron chi connectivity index (χ3n) is 6.00. The Balaban J connectivity index is 2.19. The van der Waals surface area contributed by atoms with Gasteiger partial charge in [0.05, 0.1) is 52.3 Å². The molecule has 0 aromatic carbocycles. The molecule has 0 amide bonds. The number of aliphatic carboxylic acids is 1. The number of aliphatic hydroxyl groups excluding tert-OH is 2. The molecule has 1 aliphatic rings. The SMILES string of the molecule is C=C(CCOCC(CC)NCC(=O)O)NCC(C)(C)COCC(C)(C)COCC1OCCC(O)C1O. The van der Waals surface area contributed by atoms with E-state index in [4.69, 9.17) is 24.1 Å².